The molecule has 2 N–H and O–H groups in total. The predicted molar refractivity (Wildman–Crippen MR) is 148 cm³/mol. The molecule has 3 fully saturated rings. The Hall–Kier alpha value is -2.36. The minimum absolute atomic E-state index is 0.0211. The molecular weight excluding hydrogens is 546 g/mol. The van der Waals surface area contributed by atoms with Crippen molar-refractivity contribution in [3.05, 3.63) is 58.6 Å². The number of ether oxygens (including phenoxy) is 1. The lowest BCUT2D eigenvalue weighted by molar-refractivity contribution is -0.125. The molecule has 0 aliphatic heterocycles. The van der Waals surface area contributed by atoms with E-state index in [-0.39, 0.29) is 40.3 Å². The zero-order valence-electron chi connectivity index (χ0n) is 21.8. The molecule has 3 aliphatic carbocycles. The number of hydrogen-bond donors (Lipinski definition) is 2. The van der Waals surface area contributed by atoms with Crippen LogP contribution >= 0.6 is 23.4 Å². The summed E-state index contributed by atoms with van der Waals surface area (Å²) in [5, 5.41) is 12.4. The number of nitrogens with one attached hydrogen (secondary N) is 1. The van der Waals surface area contributed by atoms with Gasteiger partial charge in [-0.15, -0.1) is 0 Å². The Balaban J connectivity index is 1.52. The fraction of sp³-hybridized carbons (Fsp3) is 0.517. The molecule has 2 amide bonds. The number of benzene rings is 2. The highest BCUT2D eigenvalue weighted by atomic mass is 35.5. The average Bonchev–Trinajstić information content (AvgIpc) is 3.60. The minimum Gasteiger partial charge on any atom is -0.433 e. The van der Waals surface area contributed by atoms with E-state index in [2.05, 4.69) is 10.1 Å². The van der Waals surface area contributed by atoms with Gasteiger partial charge >= 0.3 is 6.61 Å². The number of thioether (sulfide) groups is 1. The maximum absolute atomic E-state index is 14.1. The molecule has 210 valence electrons. The number of hydrogen-bond acceptors (Lipinski definition) is 5. The molecule has 3 aliphatic rings. The average molecular weight is 579 g/mol. The summed E-state index contributed by atoms with van der Waals surface area (Å²) >= 11 is 7.74. The second-order valence-corrected chi connectivity index (χ2v) is 12.4. The number of aliphatic hydroxyl groups excluding tert-OH is 1. The number of aliphatic hydroxyl groups is 1. The van der Waals surface area contributed by atoms with Gasteiger partial charge in [0.05, 0.1) is 11.6 Å². The van der Waals surface area contributed by atoms with Gasteiger partial charge in [-0.2, -0.15) is 20.5 Å². The van der Waals surface area contributed by atoms with Gasteiger partial charge in [-0.25, -0.2) is 0 Å². The van der Waals surface area contributed by atoms with Gasteiger partial charge in [-0.3, -0.25) is 14.5 Å². The molecule has 0 radical (unpaired) electrons. The molecule has 5 rings (SSSR count). The van der Waals surface area contributed by atoms with E-state index >= 15 is 0 Å². The van der Waals surface area contributed by atoms with Gasteiger partial charge in [-0.05, 0) is 84.9 Å². The van der Waals surface area contributed by atoms with E-state index in [1.54, 1.807) is 42.1 Å². The Morgan fingerprint density at radius 3 is 2.46 bits per heavy atom. The Morgan fingerprint density at radius 2 is 1.90 bits per heavy atom. The Kier molecular flexibility index (Phi) is 8.13. The smallest absolute Gasteiger partial charge is 0.387 e. The van der Waals surface area contributed by atoms with E-state index in [1.807, 2.05) is 6.26 Å². The van der Waals surface area contributed by atoms with Crippen molar-refractivity contribution >= 4 is 40.9 Å². The van der Waals surface area contributed by atoms with E-state index in [9.17, 15) is 23.5 Å². The number of nitrogens with zero attached hydrogens (tertiary/aromatic N) is 1. The minimum atomic E-state index is -3.10. The van der Waals surface area contributed by atoms with Crippen molar-refractivity contribution in [2.24, 2.45) is 16.7 Å². The first kappa shape index (κ1) is 28.2. The molecule has 6 nitrogen and oxygen atoms in total. The number of fused-ring (bicyclic) bond motifs is 1. The Morgan fingerprint density at radius 1 is 1.18 bits per heavy atom. The van der Waals surface area contributed by atoms with Crippen molar-refractivity contribution in [2.75, 3.05) is 23.5 Å². The first-order valence-electron chi connectivity index (χ1n) is 13.3. The van der Waals surface area contributed by atoms with Crippen LogP contribution in [-0.4, -0.2) is 48.1 Å². The second-order valence-electron chi connectivity index (χ2n) is 11.0. The van der Waals surface area contributed by atoms with E-state index in [0.29, 0.717) is 23.1 Å². The molecule has 3 saturated carbocycles. The molecule has 0 saturated heterocycles. The standard InChI is InChI=1S/C29H33ClF2N2O4S/c1-39-12-11-33-25(36)24(20-14-29(15-20)17-28(29)9-2-10-28)34(26(37)19-5-3-18(16-35)4-6-19)21-7-8-22(30)23(13-21)38-27(31)32/h3-8,13,20,24,27,35H,2,9-12,14-17H2,1H3,(H,33,36). The monoisotopic (exact) mass is 578 g/mol. The van der Waals surface area contributed by atoms with E-state index in [4.69, 9.17) is 11.6 Å². The molecule has 0 heterocycles. The molecule has 2 aromatic rings. The van der Waals surface area contributed by atoms with Crippen molar-refractivity contribution in [2.45, 2.75) is 57.8 Å². The maximum Gasteiger partial charge on any atom is 0.387 e. The summed E-state index contributed by atoms with van der Waals surface area (Å²) in [5.74, 6) is -0.321. The van der Waals surface area contributed by atoms with Gasteiger partial charge in [0.1, 0.15) is 11.8 Å². The summed E-state index contributed by atoms with van der Waals surface area (Å²) in [6, 6.07) is 9.92. The van der Waals surface area contributed by atoms with E-state index in [1.165, 1.54) is 42.7 Å². The van der Waals surface area contributed by atoms with E-state index < -0.39 is 18.6 Å². The molecule has 10 heteroatoms. The quantitative estimate of drug-likeness (QED) is 0.325. The topological polar surface area (TPSA) is 78.9 Å². The van der Waals surface area contributed by atoms with Gasteiger partial charge in [-0.1, -0.05) is 30.2 Å². The van der Waals surface area contributed by atoms with Gasteiger partial charge in [0, 0.05) is 29.6 Å². The van der Waals surface area contributed by atoms with Crippen LogP contribution in [-0.2, 0) is 11.4 Å². The van der Waals surface area contributed by atoms with Crippen LogP contribution in [0.2, 0.25) is 5.02 Å². The number of amides is 2. The van der Waals surface area contributed by atoms with Crippen molar-refractivity contribution in [1.29, 1.82) is 0 Å². The van der Waals surface area contributed by atoms with E-state index in [0.717, 1.165) is 18.6 Å². The van der Waals surface area contributed by atoms with Crippen molar-refractivity contribution in [3.63, 3.8) is 0 Å². The molecule has 0 aromatic heterocycles. The summed E-state index contributed by atoms with van der Waals surface area (Å²) in [6.07, 6.45) is 8.56. The molecule has 1 atom stereocenters. The Bertz CT molecular complexity index is 1220. The summed E-state index contributed by atoms with van der Waals surface area (Å²) in [5.41, 5.74) is 1.89. The first-order valence-corrected chi connectivity index (χ1v) is 15.0. The maximum atomic E-state index is 14.1. The number of halogens is 3. The lowest BCUT2D eigenvalue weighted by atomic mass is 9.60. The zero-order valence-corrected chi connectivity index (χ0v) is 23.4. The fourth-order valence-corrected chi connectivity index (χ4v) is 7.17. The number of carbonyl (C=O) groups excluding carboxylic acids is 2. The fourth-order valence-electron chi connectivity index (χ4n) is 6.71. The third kappa shape index (κ3) is 5.37. The third-order valence-electron chi connectivity index (χ3n) is 8.90. The first-order chi connectivity index (χ1) is 18.7. The summed E-state index contributed by atoms with van der Waals surface area (Å²) in [6.45, 7) is -2.82. The number of rotatable bonds is 11. The second kappa shape index (κ2) is 11.3. The predicted octanol–water partition coefficient (Wildman–Crippen LogP) is 5.90. The SMILES string of the molecule is CSCCNC(=O)C(C1CC2(C1)CC21CCC1)N(C(=O)c1ccc(CO)cc1)c1ccc(Cl)c(OC(F)F)c1. The summed E-state index contributed by atoms with van der Waals surface area (Å²) in [7, 11) is 0. The largest absolute Gasteiger partial charge is 0.433 e. The molecule has 2 aromatic carbocycles. The van der Waals surface area contributed by atoms with Gasteiger partial charge < -0.3 is 15.2 Å². The summed E-state index contributed by atoms with van der Waals surface area (Å²) < 4.78 is 30.9. The molecule has 1 unspecified atom stereocenters. The lowest BCUT2D eigenvalue weighted by Gasteiger charge is -2.48. The normalized spacial score (nSPS) is 23.2. The van der Waals surface area contributed by atoms with Crippen LogP contribution in [0, 0.1) is 16.7 Å². The zero-order chi connectivity index (χ0) is 27.8. The van der Waals surface area contributed by atoms with Crippen LogP contribution in [0.3, 0.4) is 0 Å². The molecular formula is C29H33ClF2N2O4S. The highest BCUT2D eigenvalue weighted by Gasteiger charge is 2.74. The van der Waals surface area contributed by atoms with Crippen LogP contribution in [0.25, 0.3) is 0 Å². The molecule has 39 heavy (non-hydrogen) atoms. The van der Waals surface area contributed by atoms with Crippen molar-refractivity contribution < 1.29 is 28.2 Å². The Labute approximate surface area is 236 Å². The van der Waals surface area contributed by atoms with Crippen LogP contribution in [0.5, 0.6) is 5.75 Å². The van der Waals surface area contributed by atoms with Crippen LogP contribution in [0.1, 0.15) is 54.4 Å². The van der Waals surface area contributed by atoms with Crippen molar-refractivity contribution in [1.82, 2.24) is 5.32 Å². The molecule has 0 bridgehead atoms. The number of anilines is 1. The highest BCUT2D eigenvalue weighted by Crippen LogP contribution is 2.82. The highest BCUT2D eigenvalue weighted by molar-refractivity contribution is 7.98. The van der Waals surface area contributed by atoms with Crippen LogP contribution < -0.4 is 15.0 Å². The van der Waals surface area contributed by atoms with Crippen LogP contribution in [0.15, 0.2) is 42.5 Å². The van der Waals surface area contributed by atoms with Crippen molar-refractivity contribution in [3.8, 4) is 5.75 Å². The number of carbonyl (C=O) groups is 2. The third-order valence-corrected chi connectivity index (χ3v) is 9.83. The molecule has 2 spiro atoms. The van der Waals surface area contributed by atoms with Crippen LogP contribution in [0.4, 0.5) is 14.5 Å². The number of alkyl halides is 2. The van der Waals surface area contributed by atoms with Gasteiger partial charge in [0.15, 0.2) is 0 Å². The summed E-state index contributed by atoms with van der Waals surface area (Å²) in [4.78, 5) is 29.3. The lowest BCUT2D eigenvalue weighted by Crippen LogP contribution is -2.57. The van der Waals surface area contributed by atoms with Gasteiger partial charge in [0.2, 0.25) is 5.91 Å². The van der Waals surface area contributed by atoms with Gasteiger partial charge in [0.25, 0.3) is 5.91 Å².